The second kappa shape index (κ2) is 5.89. The molecule has 0 fully saturated rings. The molecule has 1 amide bonds. The van der Waals surface area contributed by atoms with Crippen molar-refractivity contribution in [2.45, 2.75) is 6.42 Å². The first kappa shape index (κ1) is 13.5. The molecule has 2 aromatic heterocycles. The summed E-state index contributed by atoms with van der Waals surface area (Å²) in [5.74, 6) is -0.115. The summed E-state index contributed by atoms with van der Waals surface area (Å²) >= 11 is 5.92. The third-order valence-corrected chi connectivity index (χ3v) is 3.29. The average molecular weight is 298 g/mol. The highest BCUT2D eigenvalue weighted by Crippen LogP contribution is 2.20. The minimum absolute atomic E-state index is 0.115. The van der Waals surface area contributed by atoms with Crippen LogP contribution in [0.25, 0.3) is 10.9 Å². The van der Waals surface area contributed by atoms with E-state index in [0.717, 1.165) is 16.5 Å². The van der Waals surface area contributed by atoms with Crippen LogP contribution in [-0.4, -0.2) is 15.9 Å². The summed E-state index contributed by atoms with van der Waals surface area (Å²) in [5, 5.41) is 4.36. The van der Waals surface area contributed by atoms with Crippen molar-refractivity contribution in [3.63, 3.8) is 0 Å². The molecular formula is C16H12ClN3O. The highest BCUT2D eigenvalue weighted by Gasteiger charge is 2.08. The van der Waals surface area contributed by atoms with Crippen molar-refractivity contribution in [2.75, 3.05) is 5.32 Å². The minimum Gasteiger partial charge on any atom is -0.324 e. The highest BCUT2D eigenvalue weighted by molar-refractivity contribution is 6.30. The van der Waals surface area contributed by atoms with Crippen LogP contribution in [0.15, 0.2) is 55.0 Å². The van der Waals surface area contributed by atoms with E-state index in [-0.39, 0.29) is 12.3 Å². The molecule has 0 saturated carbocycles. The van der Waals surface area contributed by atoms with Gasteiger partial charge in [-0.3, -0.25) is 14.8 Å². The number of amides is 1. The molecule has 104 valence electrons. The zero-order valence-corrected chi connectivity index (χ0v) is 11.8. The van der Waals surface area contributed by atoms with E-state index in [1.807, 2.05) is 24.3 Å². The first-order valence-corrected chi connectivity index (χ1v) is 6.83. The molecule has 0 saturated heterocycles. The summed E-state index contributed by atoms with van der Waals surface area (Å²) in [5.41, 5.74) is 2.28. The van der Waals surface area contributed by atoms with Crippen molar-refractivity contribution in [2.24, 2.45) is 0 Å². The Morgan fingerprint density at radius 1 is 1.19 bits per heavy atom. The quantitative estimate of drug-likeness (QED) is 0.805. The van der Waals surface area contributed by atoms with Crippen LogP contribution in [0.4, 0.5) is 5.69 Å². The molecule has 0 radical (unpaired) electrons. The van der Waals surface area contributed by atoms with Gasteiger partial charge in [0, 0.05) is 16.6 Å². The number of fused-ring (bicyclic) bond motifs is 1. The fraction of sp³-hybridized carbons (Fsp3) is 0.0625. The number of benzene rings is 1. The van der Waals surface area contributed by atoms with Gasteiger partial charge in [-0.25, -0.2) is 0 Å². The molecule has 5 heteroatoms. The monoisotopic (exact) mass is 297 g/mol. The number of hydrogen-bond donors (Lipinski definition) is 1. The van der Waals surface area contributed by atoms with Crippen LogP contribution in [0, 0.1) is 0 Å². The maximum atomic E-state index is 12.1. The van der Waals surface area contributed by atoms with E-state index < -0.39 is 0 Å². The second-order valence-corrected chi connectivity index (χ2v) is 5.05. The molecule has 3 rings (SSSR count). The van der Waals surface area contributed by atoms with E-state index in [9.17, 15) is 4.79 Å². The lowest BCUT2D eigenvalue weighted by Gasteiger charge is -2.08. The standard InChI is InChI=1S/C16H12ClN3O/c17-12-4-1-3-11(7-12)8-16(21)20-15-10-18-9-14-13(15)5-2-6-19-14/h1-7,9-10H,8H2,(H,20,21). The summed E-state index contributed by atoms with van der Waals surface area (Å²) in [7, 11) is 0. The topological polar surface area (TPSA) is 54.9 Å². The number of hydrogen-bond acceptors (Lipinski definition) is 3. The Balaban J connectivity index is 1.80. The zero-order chi connectivity index (χ0) is 14.7. The Hall–Kier alpha value is -2.46. The van der Waals surface area contributed by atoms with E-state index in [0.29, 0.717) is 10.7 Å². The fourth-order valence-electron chi connectivity index (χ4n) is 2.13. The number of pyridine rings is 2. The molecule has 0 atom stereocenters. The molecule has 4 nitrogen and oxygen atoms in total. The van der Waals surface area contributed by atoms with Gasteiger partial charge in [0.2, 0.25) is 5.91 Å². The van der Waals surface area contributed by atoms with Gasteiger partial charge in [0.1, 0.15) is 0 Å². The first-order chi connectivity index (χ1) is 10.2. The highest BCUT2D eigenvalue weighted by atomic mass is 35.5. The Morgan fingerprint density at radius 3 is 2.95 bits per heavy atom. The molecule has 0 spiro atoms. The molecule has 0 unspecified atom stereocenters. The van der Waals surface area contributed by atoms with Crippen molar-refractivity contribution in [3.05, 3.63) is 65.6 Å². The van der Waals surface area contributed by atoms with Gasteiger partial charge in [-0.2, -0.15) is 0 Å². The van der Waals surface area contributed by atoms with Crippen LogP contribution in [0.2, 0.25) is 5.02 Å². The molecule has 0 aliphatic heterocycles. The first-order valence-electron chi connectivity index (χ1n) is 6.45. The molecular weight excluding hydrogens is 286 g/mol. The molecule has 1 aromatic carbocycles. The largest absolute Gasteiger partial charge is 0.324 e. The van der Waals surface area contributed by atoms with Crippen molar-refractivity contribution in [1.29, 1.82) is 0 Å². The van der Waals surface area contributed by atoms with E-state index in [1.165, 1.54) is 0 Å². The predicted molar refractivity (Wildman–Crippen MR) is 83.3 cm³/mol. The normalized spacial score (nSPS) is 10.5. The van der Waals surface area contributed by atoms with Gasteiger partial charge >= 0.3 is 0 Å². The molecule has 1 N–H and O–H groups in total. The third-order valence-electron chi connectivity index (χ3n) is 3.06. The molecule has 0 aliphatic rings. The lowest BCUT2D eigenvalue weighted by atomic mass is 10.1. The van der Waals surface area contributed by atoms with Gasteiger partial charge in [0.05, 0.1) is 30.0 Å². The Labute approximate surface area is 126 Å². The number of carbonyl (C=O) groups is 1. The van der Waals surface area contributed by atoms with E-state index in [1.54, 1.807) is 30.7 Å². The smallest absolute Gasteiger partial charge is 0.228 e. The van der Waals surface area contributed by atoms with Crippen LogP contribution in [0.5, 0.6) is 0 Å². The molecule has 21 heavy (non-hydrogen) atoms. The van der Waals surface area contributed by atoms with Gasteiger partial charge < -0.3 is 5.32 Å². The number of halogens is 1. The molecule has 2 heterocycles. The zero-order valence-electron chi connectivity index (χ0n) is 11.1. The minimum atomic E-state index is -0.115. The Bertz CT molecular complexity index is 799. The van der Waals surface area contributed by atoms with E-state index in [4.69, 9.17) is 11.6 Å². The van der Waals surface area contributed by atoms with Crippen LogP contribution in [-0.2, 0) is 11.2 Å². The number of carbonyl (C=O) groups excluding carboxylic acids is 1. The van der Waals surface area contributed by atoms with Gasteiger partial charge in [0.15, 0.2) is 0 Å². The third kappa shape index (κ3) is 3.17. The van der Waals surface area contributed by atoms with Crippen molar-refractivity contribution >= 4 is 34.1 Å². The molecule has 0 bridgehead atoms. The Kier molecular flexibility index (Phi) is 3.79. The maximum Gasteiger partial charge on any atom is 0.228 e. The van der Waals surface area contributed by atoms with Crippen molar-refractivity contribution in [1.82, 2.24) is 9.97 Å². The summed E-state index contributed by atoms with van der Waals surface area (Å²) in [6.07, 6.45) is 5.25. The van der Waals surface area contributed by atoms with Gasteiger partial charge in [-0.05, 0) is 29.8 Å². The number of nitrogens with one attached hydrogen (secondary N) is 1. The van der Waals surface area contributed by atoms with Crippen LogP contribution in [0.3, 0.4) is 0 Å². The number of aromatic nitrogens is 2. The number of rotatable bonds is 3. The van der Waals surface area contributed by atoms with Crippen molar-refractivity contribution < 1.29 is 4.79 Å². The van der Waals surface area contributed by atoms with Gasteiger partial charge in [0.25, 0.3) is 0 Å². The van der Waals surface area contributed by atoms with E-state index >= 15 is 0 Å². The van der Waals surface area contributed by atoms with Crippen LogP contribution in [0.1, 0.15) is 5.56 Å². The summed E-state index contributed by atoms with van der Waals surface area (Å²) in [6.45, 7) is 0. The second-order valence-electron chi connectivity index (χ2n) is 4.61. The van der Waals surface area contributed by atoms with E-state index in [2.05, 4.69) is 15.3 Å². The summed E-state index contributed by atoms with van der Waals surface area (Å²) in [6, 6.07) is 11.0. The lowest BCUT2D eigenvalue weighted by Crippen LogP contribution is -2.14. The number of nitrogens with zero attached hydrogens (tertiary/aromatic N) is 2. The number of anilines is 1. The summed E-state index contributed by atoms with van der Waals surface area (Å²) in [4.78, 5) is 20.4. The van der Waals surface area contributed by atoms with Crippen LogP contribution >= 0.6 is 11.6 Å². The fourth-order valence-corrected chi connectivity index (χ4v) is 2.34. The van der Waals surface area contributed by atoms with Gasteiger partial charge in [-0.15, -0.1) is 0 Å². The maximum absolute atomic E-state index is 12.1. The van der Waals surface area contributed by atoms with Crippen LogP contribution < -0.4 is 5.32 Å². The Morgan fingerprint density at radius 2 is 2.10 bits per heavy atom. The van der Waals surface area contributed by atoms with Crippen molar-refractivity contribution in [3.8, 4) is 0 Å². The lowest BCUT2D eigenvalue weighted by molar-refractivity contribution is -0.115. The van der Waals surface area contributed by atoms with Gasteiger partial charge in [-0.1, -0.05) is 23.7 Å². The molecule has 0 aliphatic carbocycles. The molecule has 3 aromatic rings. The predicted octanol–water partition coefficient (Wildman–Crippen LogP) is 3.46. The average Bonchev–Trinajstić information content (AvgIpc) is 2.47. The SMILES string of the molecule is O=C(Cc1cccc(Cl)c1)Nc1cncc2ncccc12. The summed E-state index contributed by atoms with van der Waals surface area (Å²) < 4.78 is 0.